The summed E-state index contributed by atoms with van der Waals surface area (Å²) in [5.41, 5.74) is 2.85. The van der Waals surface area contributed by atoms with Gasteiger partial charge in [-0.2, -0.15) is 0 Å². The molecule has 3 rings (SSSR count). The van der Waals surface area contributed by atoms with E-state index >= 15 is 0 Å². The van der Waals surface area contributed by atoms with Crippen molar-refractivity contribution in [1.82, 2.24) is 10.8 Å². The molecule has 1 saturated heterocycles. The number of hydrogen-bond acceptors (Lipinski definition) is 5. The predicted octanol–water partition coefficient (Wildman–Crippen LogP) is 1.95. The van der Waals surface area contributed by atoms with Crippen LogP contribution in [0.3, 0.4) is 0 Å². The first-order chi connectivity index (χ1) is 9.96. The Bertz CT molecular complexity index is 537. The lowest BCUT2D eigenvalue weighted by molar-refractivity contribution is -0.274. The molecule has 2 aliphatic rings. The number of halogens is 3. The molecule has 0 bridgehead atoms. The molecule has 1 spiro atoms. The average Bonchev–Trinajstić information content (AvgIpc) is 2.82. The van der Waals surface area contributed by atoms with E-state index in [9.17, 15) is 13.2 Å². The molecule has 8 heteroatoms. The first kappa shape index (κ1) is 14.2. The van der Waals surface area contributed by atoms with Gasteiger partial charge in [0.15, 0.2) is 11.6 Å². The normalized spacial score (nSPS) is 21.0. The summed E-state index contributed by atoms with van der Waals surface area (Å²) in [6.07, 6.45) is -3.19. The van der Waals surface area contributed by atoms with Crippen molar-refractivity contribution in [3.63, 3.8) is 0 Å². The van der Waals surface area contributed by atoms with E-state index in [1.165, 1.54) is 24.3 Å². The number of benzene rings is 1. The third kappa shape index (κ3) is 3.27. The summed E-state index contributed by atoms with van der Waals surface area (Å²) < 4.78 is 40.1. The molecule has 0 aliphatic carbocycles. The fraction of sp³-hybridized carbons (Fsp3) is 0.462. The number of nitrogens with zero attached hydrogens (tertiary/aromatic N) is 1. The van der Waals surface area contributed by atoms with E-state index in [2.05, 4.69) is 20.5 Å². The number of hydroxylamine groups is 1. The lowest BCUT2D eigenvalue weighted by Crippen LogP contribution is -2.41. The Hall–Kier alpha value is -1.80. The lowest BCUT2D eigenvalue weighted by Gasteiger charge is -2.28. The standard InChI is InChI=1S/C13H14F3N3O2/c14-13(15,16)20-10-3-1-9(2-4-10)11-18-12(21-19-11)5-7-17-8-6-12/h1-4,17H,5-8H2,(H,18,19). The minimum atomic E-state index is -4.69. The minimum absolute atomic E-state index is 0.262. The van der Waals surface area contributed by atoms with Crippen LogP contribution < -0.4 is 15.5 Å². The number of piperidine rings is 1. The average molecular weight is 301 g/mol. The van der Waals surface area contributed by atoms with E-state index < -0.39 is 12.1 Å². The summed E-state index contributed by atoms with van der Waals surface area (Å²) >= 11 is 0. The highest BCUT2D eigenvalue weighted by Gasteiger charge is 2.38. The Morgan fingerprint density at radius 2 is 1.81 bits per heavy atom. The number of rotatable bonds is 2. The van der Waals surface area contributed by atoms with E-state index in [4.69, 9.17) is 4.84 Å². The van der Waals surface area contributed by atoms with E-state index in [1.54, 1.807) is 0 Å². The van der Waals surface area contributed by atoms with Crippen LogP contribution in [0.1, 0.15) is 18.4 Å². The van der Waals surface area contributed by atoms with E-state index in [0.29, 0.717) is 11.4 Å². The summed E-state index contributed by atoms with van der Waals surface area (Å²) in [5.74, 6) is 0.262. The largest absolute Gasteiger partial charge is 0.573 e. The van der Waals surface area contributed by atoms with Crippen LogP contribution in [-0.4, -0.2) is 31.0 Å². The van der Waals surface area contributed by atoms with Gasteiger partial charge in [0.1, 0.15) is 5.75 Å². The van der Waals surface area contributed by atoms with Gasteiger partial charge in [-0.05, 0) is 37.4 Å². The van der Waals surface area contributed by atoms with Gasteiger partial charge < -0.3 is 10.1 Å². The maximum atomic E-state index is 12.1. The van der Waals surface area contributed by atoms with Crippen LogP contribution in [0.5, 0.6) is 5.75 Å². The highest BCUT2D eigenvalue weighted by Crippen LogP contribution is 2.29. The second kappa shape index (κ2) is 5.19. The highest BCUT2D eigenvalue weighted by molar-refractivity contribution is 5.99. The van der Waals surface area contributed by atoms with E-state index in [0.717, 1.165) is 25.9 Å². The molecule has 0 radical (unpaired) electrons. The Balaban J connectivity index is 1.74. The molecule has 1 aromatic rings. The molecule has 114 valence electrons. The summed E-state index contributed by atoms with van der Waals surface area (Å²) in [6, 6.07) is 5.52. The molecule has 0 unspecified atom stereocenters. The van der Waals surface area contributed by atoms with Crippen LogP contribution >= 0.6 is 0 Å². The van der Waals surface area contributed by atoms with Gasteiger partial charge in [-0.15, -0.1) is 13.2 Å². The zero-order chi connectivity index (χ0) is 14.9. The van der Waals surface area contributed by atoms with Crippen LogP contribution in [0.4, 0.5) is 13.2 Å². The van der Waals surface area contributed by atoms with Crippen LogP contribution in [0.15, 0.2) is 29.3 Å². The summed E-state index contributed by atoms with van der Waals surface area (Å²) in [6.45, 7) is 1.63. The van der Waals surface area contributed by atoms with Gasteiger partial charge in [0.25, 0.3) is 0 Å². The van der Waals surface area contributed by atoms with Crippen molar-refractivity contribution in [2.24, 2.45) is 4.99 Å². The molecule has 1 fully saturated rings. The molecular formula is C13H14F3N3O2. The second-order valence-electron chi connectivity index (χ2n) is 4.93. The van der Waals surface area contributed by atoms with Crippen molar-refractivity contribution < 1.29 is 22.7 Å². The number of alkyl halides is 3. The Labute approximate surface area is 119 Å². The maximum absolute atomic E-state index is 12.1. The molecule has 2 heterocycles. The molecule has 0 amide bonds. The number of amidine groups is 1. The number of aliphatic imine (C=N–C) groups is 1. The Morgan fingerprint density at radius 3 is 2.43 bits per heavy atom. The number of ether oxygens (including phenoxy) is 1. The topological polar surface area (TPSA) is 54.9 Å². The molecule has 0 aromatic heterocycles. The summed E-state index contributed by atoms with van der Waals surface area (Å²) in [5, 5.41) is 3.22. The molecule has 1 aromatic carbocycles. The molecule has 0 saturated carbocycles. The van der Waals surface area contributed by atoms with Crippen molar-refractivity contribution >= 4 is 5.84 Å². The number of hydrogen-bond donors (Lipinski definition) is 2. The second-order valence-corrected chi connectivity index (χ2v) is 4.93. The smallest absolute Gasteiger partial charge is 0.406 e. The van der Waals surface area contributed by atoms with Crippen molar-refractivity contribution in [2.75, 3.05) is 13.1 Å². The van der Waals surface area contributed by atoms with Crippen molar-refractivity contribution in [2.45, 2.75) is 24.9 Å². The van der Waals surface area contributed by atoms with Crippen LogP contribution in [0.25, 0.3) is 0 Å². The zero-order valence-corrected chi connectivity index (χ0v) is 11.0. The Morgan fingerprint density at radius 1 is 1.14 bits per heavy atom. The maximum Gasteiger partial charge on any atom is 0.573 e. The SMILES string of the molecule is FC(F)(F)Oc1ccc(C2=NC3(CCNCC3)ON2)cc1. The van der Waals surface area contributed by atoms with Crippen molar-refractivity contribution in [3.05, 3.63) is 29.8 Å². The van der Waals surface area contributed by atoms with Crippen LogP contribution in [-0.2, 0) is 4.84 Å². The molecule has 5 nitrogen and oxygen atoms in total. The van der Waals surface area contributed by atoms with Gasteiger partial charge in [-0.25, -0.2) is 15.3 Å². The molecular weight excluding hydrogens is 287 g/mol. The van der Waals surface area contributed by atoms with Gasteiger partial charge >= 0.3 is 6.36 Å². The summed E-state index contributed by atoms with van der Waals surface area (Å²) in [7, 11) is 0. The van der Waals surface area contributed by atoms with Gasteiger partial charge in [-0.3, -0.25) is 0 Å². The zero-order valence-electron chi connectivity index (χ0n) is 11.0. The van der Waals surface area contributed by atoms with Gasteiger partial charge in [-0.1, -0.05) is 0 Å². The number of nitrogens with one attached hydrogen (secondary N) is 2. The minimum Gasteiger partial charge on any atom is -0.406 e. The highest BCUT2D eigenvalue weighted by atomic mass is 19.4. The molecule has 0 atom stereocenters. The fourth-order valence-electron chi connectivity index (χ4n) is 2.36. The third-order valence-corrected chi connectivity index (χ3v) is 3.40. The summed E-state index contributed by atoms with van der Waals surface area (Å²) in [4.78, 5) is 10.1. The third-order valence-electron chi connectivity index (χ3n) is 3.40. The van der Waals surface area contributed by atoms with Gasteiger partial charge in [0.2, 0.25) is 0 Å². The van der Waals surface area contributed by atoms with E-state index in [1.807, 2.05) is 0 Å². The predicted molar refractivity (Wildman–Crippen MR) is 68.7 cm³/mol. The quantitative estimate of drug-likeness (QED) is 0.876. The molecule has 21 heavy (non-hydrogen) atoms. The Kier molecular flexibility index (Phi) is 3.50. The van der Waals surface area contributed by atoms with Crippen molar-refractivity contribution in [1.29, 1.82) is 0 Å². The molecule has 2 aliphatic heterocycles. The first-order valence-electron chi connectivity index (χ1n) is 6.57. The van der Waals surface area contributed by atoms with E-state index in [-0.39, 0.29) is 5.75 Å². The van der Waals surface area contributed by atoms with Gasteiger partial charge in [0, 0.05) is 18.4 Å². The molecule has 2 N–H and O–H groups in total. The van der Waals surface area contributed by atoms with Crippen LogP contribution in [0, 0.1) is 0 Å². The van der Waals surface area contributed by atoms with Crippen molar-refractivity contribution in [3.8, 4) is 5.75 Å². The monoisotopic (exact) mass is 301 g/mol. The lowest BCUT2D eigenvalue weighted by atomic mass is 10.0. The fourth-order valence-corrected chi connectivity index (χ4v) is 2.36. The first-order valence-corrected chi connectivity index (χ1v) is 6.57. The van der Waals surface area contributed by atoms with Gasteiger partial charge in [0.05, 0.1) is 0 Å². The van der Waals surface area contributed by atoms with Crippen LogP contribution in [0.2, 0.25) is 0 Å².